The number of Topliss-reactive ketones (excluding diaryl/α,β-unsaturated/α-hetero) is 1. The highest BCUT2D eigenvalue weighted by atomic mass is 19.1. The second-order valence-electron chi connectivity index (χ2n) is 8.64. The van der Waals surface area contributed by atoms with Crippen molar-refractivity contribution in [2.45, 2.75) is 38.7 Å². The number of aliphatic hydroxyl groups is 1. The van der Waals surface area contributed by atoms with Crippen LogP contribution in [0, 0.1) is 5.82 Å². The van der Waals surface area contributed by atoms with E-state index in [0.717, 1.165) is 5.56 Å². The lowest BCUT2D eigenvalue weighted by Crippen LogP contribution is -2.14. The Morgan fingerprint density at radius 2 is 1.73 bits per heavy atom. The highest BCUT2D eigenvalue weighted by Crippen LogP contribution is 2.45. The van der Waals surface area contributed by atoms with Gasteiger partial charge >= 0.3 is 5.97 Å². The predicted octanol–water partition coefficient (Wildman–Crippen LogP) is 4.47. The molecule has 9 heteroatoms. The molecule has 0 saturated carbocycles. The van der Waals surface area contributed by atoms with Crippen LogP contribution < -0.4 is 9.47 Å². The van der Waals surface area contributed by atoms with Gasteiger partial charge in [-0.2, -0.15) is 0 Å². The van der Waals surface area contributed by atoms with Gasteiger partial charge in [-0.1, -0.05) is 38.1 Å². The van der Waals surface area contributed by atoms with Gasteiger partial charge in [0.2, 0.25) is 0 Å². The minimum Gasteiger partial charge on any atom is -0.492 e. The lowest BCUT2D eigenvalue weighted by atomic mass is 9.88. The Hall–Kier alpha value is -3.27. The number of halogens is 1. The van der Waals surface area contributed by atoms with E-state index in [1.807, 2.05) is 19.9 Å². The molecule has 0 aliphatic carbocycles. The van der Waals surface area contributed by atoms with Gasteiger partial charge in [0.15, 0.2) is 11.5 Å². The summed E-state index contributed by atoms with van der Waals surface area (Å²) < 4.78 is 36.0. The highest BCUT2D eigenvalue weighted by molar-refractivity contribution is 5.95. The van der Waals surface area contributed by atoms with Crippen LogP contribution >= 0.6 is 0 Å². The van der Waals surface area contributed by atoms with E-state index in [9.17, 15) is 19.1 Å². The quantitative estimate of drug-likeness (QED) is 0.247. The fraction of sp³-hybridized carbons (Fsp3) is 0.429. The predicted molar refractivity (Wildman–Crippen MR) is 138 cm³/mol. The number of carbonyl (C=O) groups is 2. The average molecular weight is 519 g/mol. The normalized spacial score (nSPS) is 12.2. The van der Waals surface area contributed by atoms with E-state index in [4.69, 9.17) is 24.1 Å². The molecule has 1 atom stereocenters. The molecule has 0 fully saturated rings. The molecule has 202 valence electrons. The first-order chi connectivity index (χ1) is 17.7. The van der Waals surface area contributed by atoms with Crippen molar-refractivity contribution in [3.8, 4) is 22.6 Å². The molecule has 1 unspecified atom stereocenters. The van der Waals surface area contributed by atoms with Crippen LogP contribution in [0.4, 0.5) is 4.39 Å². The van der Waals surface area contributed by atoms with Crippen molar-refractivity contribution >= 4 is 17.8 Å². The van der Waals surface area contributed by atoms with E-state index in [1.165, 1.54) is 25.3 Å². The second-order valence-corrected chi connectivity index (χ2v) is 8.64. The van der Waals surface area contributed by atoms with Crippen LogP contribution in [0.1, 0.15) is 43.7 Å². The van der Waals surface area contributed by atoms with Crippen LogP contribution in [0.15, 0.2) is 36.4 Å². The Labute approximate surface area is 216 Å². The summed E-state index contributed by atoms with van der Waals surface area (Å²) in [6.45, 7) is 5.52. The van der Waals surface area contributed by atoms with Gasteiger partial charge in [0.05, 0.1) is 33.0 Å². The number of methoxy groups -OCH3 is 2. The summed E-state index contributed by atoms with van der Waals surface area (Å²) in [4.78, 5) is 22.6. The maximum Gasteiger partial charge on any atom is 0.310 e. The molecule has 37 heavy (non-hydrogen) atoms. The number of aliphatic hydroxyl groups excluding tert-OH is 1. The van der Waals surface area contributed by atoms with Gasteiger partial charge in [-0.15, -0.1) is 0 Å². The van der Waals surface area contributed by atoms with Crippen LogP contribution in [0.5, 0.6) is 11.5 Å². The number of hydrogen-bond acceptors (Lipinski definition) is 7. The molecule has 8 nitrogen and oxygen atoms in total. The second kappa shape index (κ2) is 15.1. The zero-order valence-corrected chi connectivity index (χ0v) is 21.7. The maximum atomic E-state index is 13.7. The zero-order valence-electron chi connectivity index (χ0n) is 21.7. The first-order valence-electron chi connectivity index (χ1n) is 12.0. The van der Waals surface area contributed by atoms with E-state index in [-0.39, 0.29) is 18.9 Å². The summed E-state index contributed by atoms with van der Waals surface area (Å²) in [5.74, 6) is -1.29. The van der Waals surface area contributed by atoms with Gasteiger partial charge < -0.3 is 29.2 Å². The van der Waals surface area contributed by atoms with Crippen molar-refractivity contribution in [2.75, 3.05) is 40.6 Å². The van der Waals surface area contributed by atoms with Crippen molar-refractivity contribution < 1.29 is 43.1 Å². The minimum absolute atomic E-state index is 0.0239. The number of hydrogen-bond donors (Lipinski definition) is 2. The first-order valence-corrected chi connectivity index (χ1v) is 12.0. The monoisotopic (exact) mass is 518 g/mol. The van der Waals surface area contributed by atoms with Crippen LogP contribution in [0.3, 0.4) is 0 Å². The number of ether oxygens (including phenoxy) is 4. The molecule has 0 spiro atoms. The summed E-state index contributed by atoms with van der Waals surface area (Å²) in [6.07, 6.45) is 0.953. The summed E-state index contributed by atoms with van der Waals surface area (Å²) in [5.41, 5.74) is 2.87. The number of benzene rings is 2. The standard InChI is InChI=1S/C28H35FO8/c1-18(2)24-17-25(37-14-13-36-12-11-34-3)28(35-4)27(19-5-7-20(29)8-6-19)23(24)10-9-21(30)15-22(31)16-26(32)33/h5-10,17-18,21,30H,11-16H2,1-4H3,(H,32,33). The highest BCUT2D eigenvalue weighted by Gasteiger charge is 2.22. The Morgan fingerprint density at radius 1 is 1.05 bits per heavy atom. The molecule has 0 amide bonds. The SMILES string of the molecule is COCCOCCOc1cc(C(C)C)c(C=CC(O)CC(=O)CC(=O)O)c(-c2ccc(F)cc2)c1OC. The fourth-order valence-corrected chi connectivity index (χ4v) is 3.75. The summed E-state index contributed by atoms with van der Waals surface area (Å²) in [5, 5.41) is 19.2. The molecule has 0 aliphatic heterocycles. The molecule has 2 aromatic carbocycles. The van der Waals surface area contributed by atoms with Gasteiger partial charge in [-0.05, 0) is 40.8 Å². The molecule has 0 aromatic heterocycles. The minimum atomic E-state index is -1.24. The molecule has 0 saturated heterocycles. The Balaban J connectivity index is 2.52. The first kappa shape index (κ1) is 30.0. The van der Waals surface area contributed by atoms with Crippen molar-refractivity contribution in [2.24, 2.45) is 0 Å². The van der Waals surface area contributed by atoms with Gasteiger partial charge in [-0.3, -0.25) is 9.59 Å². The third-order valence-electron chi connectivity index (χ3n) is 5.46. The van der Waals surface area contributed by atoms with Gasteiger partial charge in [0.25, 0.3) is 0 Å². The lowest BCUT2D eigenvalue weighted by Gasteiger charge is -2.22. The molecule has 0 aliphatic rings. The number of carboxylic acids is 1. The number of aliphatic carboxylic acids is 1. The van der Waals surface area contributed by atoms with Crippen molar-refractivity contribution in [3.63, 3.8) is 0 Å². The molecular weight excluding hydrogens is 483 g/mol. The molecule has 2 N–H and O–H groups in total. The van der Waals surface area contributed by atoms with Crippen molar-refractivity contribution in [1.82, 2.24) is 0 Å². The van der Waals surface area contributed by atoms with Gasteiger partial charge in [0.1, 0.15) is 24.6 Å². The van der Waals surface area contributed by atoms with E-state index in [2.05, 4.69) is 0 Å². The number of rotatable bonds is 16. The summed E-state index contributed by atoms with van der Waals surface area (Å²) in [7, 11) is 3.10. The largest absolute Gasteiger partial charge is 0.492 e. The zero-order chi connectivity index (χ0) is 27.4. The molecule has 0 bridgehead atoms. The smallest absolute Gasteiger partial charge is 0.310 e. The molecular formula is C28H35FO8. The third kappa shape index (κ3) is 9.27. The maximum absolute atomic E-state index is 13.7. The van der Waals surface area contributed by atoms with Gasteiger partial charge in [-0.25, -0.2) is 4.39 Å². The topological polar surface area (TPSA) is 112 Å². The number of carboxylic acid groups (broad SMARTS) is 1. The van der Waals surface area contributed by atoms with E-state index < -0.39 is 30.1 Å². The van der Waals surface area contributed by atoms with E-state index >= 15 is 0 Å². The Morgan fingerprint density at radius 3 is 2.32 bits per heavy atom. The van der Waals surface area contributed by atoms with E-state index in [0.29, 0.717) is 48.0 Å². The van der Waals surface area contributed by atoms with E-state index in [1.54, 1.807) is 25.3 Å². The molecule has 2 aromatic rings. The number of carbonyl (C=O) groups excluding carboxylic acids is 1. The van der Waals surface area contributed by atoms with Crippen LogP contribution in [-0.2, 0) is 19.1 Å². The van der Waals surface area contributed by atoms with Crippen molar-refractivity contribution in [3.05, 3.63) is 53.4 Å². The fourth-order valence-electron chi connectivity index (χ4n) is 3.75. The average Bonchev–Trinajstić information content (AvgIpc) is 2.84. The molecule has 2 rings (SSSR count). The van der Waals surface area contributed by atoms with Gasteiger partial charge in [0, 0.05) is 19.1 Å². The van der Waals surface area contributed by atoms with Crippen LogP contribution in [0.25, 0.3) is 17.2 Å². The Bertz CT molecular complexity index is 1060. The Kier molecular flexibility index (Phi) is 12.2. The number of ketones is 1. The lowest BCUT2D eigenvalue weighted by molar-refractivity contribution is -0.140. The van der Waals surface area contributed by atoms with Crippen LogP contribution in [0.2, 0.25) is 0 Å². The van der Waals surface area contributed by atoms with Crippen LogP contribution in [-0.4, -0.2) is 68.7 Å². The molecule has 0 radical (unpaired) electrons. The molecule has 0 heterocycles. The third-order valence-corrected chi connectivity index (χ3v) is 5.46. The summed E-state index contributed by atoms with van der Waals surface area (Å²) in [6, 6.07) is 7.79. The van der Waals surface area contributed by atoms with Crippen molar-refractivity contribution in [1.29, 1.82) is 0 Å². The summed E-state index contributed by atoms with van der Waals surface area (Å²) >= 11 is 0.